The van der Waals surface area contributed by atoms with Gasteiger partial charge in [0.1, 0.15) is 5.52 Å². The highest BCUT2D eigenvalue weighted by atomic mass is 32.1. The normalized spacial score (nSPS) is 16.1. The predicted octanol–water partition coefficient (Wildman–Crippen LogP) is 4.03. The van der Waals surface area contributed by atoms with E-state index in [9.17, 15) is 0 Å². The van der Waals surface area contributed by atoms with Crippen LogP contribution in [0, 0.1) is 6.92 Å². The van der Waals surface area contributed by atoms with Gasteiger partial charge in [0, 0.05) is 31.4 Å². The van der Waals surface area contributed by atoms with Gasteiger partial charge in [-0.15, -0.1) is 11.3 Å². The number of nitrogens with zero attached hydrogens (tertiary/aromatic N) is 5. The first kappa shape index (κ1) is 14.8. The Hall–Kier alpha value is -2.47. The molecule has 0 spiro atoms. The number of anilines is 1. The van der Waals surface area contributed by atoms with Gasteiger partial charge in [-0.1, -0.05) is 12.1 Å². The first-order valence-corrected chi connectivity index (χ1v) is 9.51. The molecule has 1 aliphatic rings. The van der Waals surface area contributed by atoms with Crippen molar-refractivity contribution in [2.75, 3.05) is 18.0 Å². The van der Waals surface area contributed by atoms with Crippen LogP contribution in [0.2, 0.25) is 0 Å². The second-order valence-corrected chi connectivity index (χ2v) is 7.71. The highest BCUT2D eigenvalue weighted by Gasteiger charge is 2.25. The molecule has 0 radical (unpaired) electrons. The zero-order chi connectivity index (χ0) is 16.8. The molecule has 0 amide bonds. The lowest BCUT2D eigenvalue weighted by Crippen LogP contribution is -2.33. The molecule has 6 heteroatoms. The van der Waals surface area contributed by atoms with Crippen LogP contribution in [0.15, 0.2) is 42.7 Å². The second kappa shape index (κ2) is 5.81. The number of benzene rings is 1. The third-order valence-electron chi connectivity index (χ3n) is 4.95. The van der Waals surface area contributed by atoms with E-state index in [1.807, 2.05) is 35.2 Å². The molecule has 0 N–H and O–H groups in total. The van der Waals surface area contributed by atoms with Crippen molar-refractivity contribution in [1.29, 1.82) is 0 Å². The van der Waals surface area contributed by atoms with E-state index in [0.29, 0.717) is 5.92 Å². The summed E-state index contributed by atoms with van der Waals surface area (Å²) in [4.78, 5) is 11.9. The molecule has 0 saturated carbocycles. The summed E-state index contributed by atoms with van der Waals surface area (Å²) in [7, 11) is 0. The van der Waals surface area contributed by atoms with Crippen molar-refractivity contribution in [3.63, 3.8) is 0 Å². The van der Waals surface area contributed by atoms with Gasteiger partial charge < -0.3 is 4.90 Å². The van der Waals surface area contributed by atoms with E-state index < -0.39 is 0 Å². The SMILES string of the molecule is Cc1cc2c(N3CCC(c4nc5ccccc5s4)CC3)nccn2n1. The predicted molar refractivity (Wildman–Crippen MR) is 102 cm³/mol. The Balaban J connectivity index is 1.38. The summed E-state index contributed by atoms with van der Waals surface area (Å²) in [6.07, 6.45) is 6.00. The number of thiazole rings is 1. The Labute approximate surface area is 149 Å². The van der Waals surface area contributed by atoms with Crippen molar-refractivity contribution >= 4 is 32.9 Å². The zero-order valence-electron chi connectivity index (χ0n) is 14.1. The molecule has 4 aromatic rings. The monoisotopic (exact) mass is 349 g/mol. The summed E-state index contributed by atoms with van der Waals surface area (Å²) in [6.45, 7) is 4.05. The van der Waals surface area contributed by atoms with E-state index in [4.69, 9.17) is 4.98 Å². The fourth-order valence-corrected chi connectivity index (χ4v) is 4.81. The van der Waals surface area contributed by atoms with Gasteiger partial charge in [-0.25, -0.2) is 14.5 Å². The number of aromatic nitrogens is 4. The number of hydrogen-bond donors (Lipinski definition) is 0. The highest BCUT2D eigenvalue weighted by molar-refractivity contribution is 7.18. The molecule has 5 nitrogen and oxygen atoms in total. The summed E-state index contributed by atoms with van der Waals surface area (Å²) in [6, 6.07) is 10.5. The number of rotatable bonds is 2. The molecule has 1 aliphatic heterocycles. The number of fused-ring (bicyclic) bond motifs is 2. The third kappa shape index (κ3) is 2.57. The molecule has 0 bridgehead atoms. The molecule has 5 rings (SSSR count). The van der Waals surface area contributed by atoms with Crippen LogP contribution in [0.5, 0.6) is 0 Å². The van der Waals surface area contributed by atoms with E-state index in [1.54, 1.807) is 0 Å². The molecular formula is C19H19N5S. The maximum Gasteiger partial charge on any atom is 0.154 e. The molecule has 0 aliphatic carbocycles. The Bertz CT molecular complexity index is 1010. The van der Waals surface area contributed by atoms with Crippen LogP contribution in [0.3, 0.4) is 0 Å². The minimum absolute atomic E-state index is 0.556. The molecule has 25 heavy (non-hydrogen) atoms. The molecule has 126 valence electrons. The van der Waals surface area contributed by atoms with Crippen molar-refractivity contribution in [3.05, 3.63) is 53.4 Å². The average Bonchev–Trinajstić information content (AvgIpc) is 3.24. The summed E-state index contributed by atoms with van der Waals surface area (Å²) < 4.78 is 3.22. The van der Waals surface area contributed by atoms with Crippen molar-refractivity contribution in [2.45, 2.75) is 25.7 Å². The number of para-hydroxylation sites is 1. The smallest absolute Gasteiger partial charge is 0.154 e. The van der Waals surface area contributed by atoms with E-state index in [-0.39, 0.29) is 0 Å². The van der Waals surface area contributed by atoms with Crippen molar-refractivity contribution < 1.29 is 0 Å². The van der Waals surface area contributed by atoms with Crippen LogP contribution >= 0.6 is 11.3 Å². The van der Waals surface area contributed by atoms with Gasteiger partial charge in [-0.05, 0) is 38.0 Å². The van der Waals surface area contributed by atoms with Gasteiger partial charge in [0.15, 0.2) is 5.82 Å². The quantitative estimate of drug-likeness (QED) is 0.548. The van der Waals surface area contributed by atoms with Gasteiger partial charge >= 0.3 is 0 Å². The van der Waals surface area contributed by atoms with Crippen molar-refractivity contribution in [2.24, 2.45) is 0 Å². The molecule has 4 heterocycles. The minimum Gasteiger partial charge on any atom is -0.355 e. The fourth-order valence-electron chi connectivity index (χ4n) is 3.68. The summed E-state index contributed by atoms with van der Waals surface area (Å²) in [5.41, 5.74) is 3.25. The Morgan fingerprint density at radius 1 is 1.16 bits per heavy atom. The van der Waals surface area contributed by atoms with Crippen molar-refractivity contribution in [3.8, 4) is 0 Å². The first-order chi connectivity index (χ1) is 12.3. The van der Waals surface area contributed by atoms with Crippen LogP contribution in [-0.4, -0.2) is 32.7 Å². The molecule has 1 fully saturated rings. The van der Waals surface area contributed by atoms with Crippen LogP contribution in [0.25, 0.3) is 15.7 Å². The third-order valence-corrected chi connectivity index (χ3v) is 6.14. The molecular weight excluding hydrogens is 330 g/mol. The fraction of sp³-hybridized carbons (Fsp3) is 0.316. The lowest BCUT2D eigenvalue weighted by molar-refractivity contribution is 0.502. The number of piperidine rings is 1. The molecule has 1 aromatic carbocycles. The van der Waals surface area contributed by atoms with Gasteiger partial charge in [0.2, 0.25) is 0 Å². The van der Waals surface area contributed by atoms with Gasteiger partial charge in [0.25, 0.3) is 0 Å². The highest BCUT2D eigenvalue weighted by Crippen LogP contribution is 2.35. The maximum atomic E-state index is 4.86. The maximum absolute atomic E-state index is 4.86. The van der Waals surface area contributed by atoms with Crippen LogP contribution < -0.4 is 4.90 Å². The molecule has 0 atom stereocenters. The standard InChI is InChI=1S/C19H19N5S/c1-13-12-16-18(20-8-11-24(16)22-13)23-9-6-14(7-10-23)19-21-15-4-2-3-5-17(15)25-19/h2-5,8,11-12,14H,6-7,9-10H2,1H3. The Kier molecular flexibility index (Phi) is 3.45. The van der Waals surface area contributed by atoms with Gasteiger partial charge in [0.05, 0.1) is 20.9 Å². The Morgan fingerprint density at radius 3 is 2.84 bits per heavy atom. The van der Waals surface area contributed by atoms with Crippen LogP contribution in [0.1, 0.15) is 29.5 Å². The lowest BCUT2D eigenvalue weighted by Gasteiger charge is -2.32. The van der Waals surface area contributed by atoms with Crippen molar-refractivity contribution in [1.82, 2.24) is 19.6 Å². The topological polar surface area (TPSA) is 46.3 Å². The van der Waals surface area contributed by atoms with E-state index in [0.717, 1.165) is 48.5 Å². The lowest BCUT2D eigenvalue weighted by atomic mass is 9.97. The summed E-state index contributed by atoms with van der Waals surface area (Å²) >= 11 is 1.85. The van der Waals surface area contributed by atoms with E-state index in [1.165, 1.54) is 9.71 Å². The van der Waals surface area contributed by atoms with E-state index >= 15 is 0 Å². The average molecular weight is 349 g/mol. The zero-order valence-corrected chi connectivity index (χ0v) is 14.9. The second-order valence-electron chi connectivity index (χ2n) is 6.65. The van der Waals surface area contributed by atoms with E-state index in [2.05, 4.69) is 45.3 Å². The Morgan fingerprint density at radius 2 is 2.00 bits per heavy atom. The van der Waals surface area contributed by atoms with Crippen LogP contribution in [0.4, 0.5) is 5.82 Å². The van der Waals surface area contributed by atoms with Gasteiger partial charge in [-0.3, -0.25) is 0 Å². The largest absolute Gasteiger partial charge is 0.355 e. The first-order valence-electron chi connectivity index (χ1n) is 8.69. The summed E-state index contributed by atoms with van der Waals surface area (Å²) in [5.74, 6) is 1.60. The minimum atomic E-state index is 0.556. The molecule has 1 saturated heterocycles. The summed E-state index contributed by atoms with van der Waals surface area (Å²) in [5, 5.41) is 5.78. The number of hydrogen-bond acceptors (Lipinski definition) is 5. The van der Waals surface area contributed by atoms with Crippen LogP contribution in [-0.2, 0) is 0 Å². The molecule has 0 unspecified atom stereocenters. The molecule has 3 aromatic heterocycles. The van der Waals surface area contributed by atoms with Gasteiger partial charge in [-0.2, -0.15) is 5.10 Å². The number of aryl methyl sites for hydroxylation is 1.